The fraction of sp³-hybridized carbons (Fsp3) is 1.00. The van der Waals surface area contributed by atoms with E-state index in [4.69, 9.17) is 0 Å². The van der Waals surface area contributed by atoms with Crippen molar-refractivity contribution < 1.29 is 0 Å². The van der Waals surface area contributed by atoms with Crippen molar-refractivity contribution in [1.82, 2.24) is 0 Å². The average Bonchev–Trinajstić information content (AvgIpc) is 2.63. The minimum Gasteiger partial charge on any atom is -0.0533 e. The molecule has 0 amide bonds. The summed E-state index contributed by atoms with van der Waals surface area (Å²) in [7, 11) is 0. The summed E-state index contributed by atoms with van der Waals surface area (Å²) in [4.78, 5) is 0. The highest BCUT2D eigenvalue weighted by Gasteiger charge is 2.54. The van der Waals surface area contributed by atoms with E-state index in [9.17, 15) is 0 Å². The lowest BCUT2D eigenvalue weighted by Gasteiger charge is -2.60. The van der Waals surface area contributed by atoms with Gasteiger partial charge < -0.3 is 0 Å². The second-order valence-electron chi connectivity index (χ2n) is 10.4. The topological polar surface area (TPSA) is 0 Å². The lowest BCUT2D eigenvalue weighted by Crippen LogP contribution is -2.49. The van der Waals surface area contributed by atoms with Crippen LogP contribution in [0.5, 0.6) is 0 Å². The summed E-state index contributed by atoms with van der Waals surface area (Å²) in [6.07, 6.45) is 31.4. The van der Waals surface area contributed by atoms with Crippen molar-refractivity contribution in [3.8, 4) is 0 Å². The lowest BCUT2D eigenvalue weighted by molar-refractivity contribution is -0.0924. The van der Waals surface area contributed by atoms with Crippen LogP contribution in [0.2, 0.25) is 0 Å². The van der Waals surface area contributed by atoms with Gasteiger partial charge in [0.15, 0.2) is 0 Å². The molecule has 0 spiro atoms. The second kappa shape index (κ2) is 7.71. The van der Waals surface area contributed by atoms with Gasteiger partial charge >= 0.3 is 0 Å². The minimum atomic E-state index is 0.781. The molecule has 4 aliphatic rings. The fourth-order valence-electron chi connectivity index (χ4n) is 7.89. The Hall–Kier alpha value is 0. The molecule has 0 N–H and O–H groups in total. The highest BCUT2D eigenvalue weighted by Crippen LogP contribution is 2.65. The quantitative estimate of drug-likeness (QED) is 0.489. The molecule has 0 atom stereocenters. The molecule has 0 heterocycles. The van der Waals surface area contributed by atoms with Crippen molar-refractivity contribution in [3.05, 3.63) is 0 Å². The van der Waals surface area contributed by atoms with E-state index < -0.39 is 0 Å². The molecule has 4 fully saturated rings. The van der Waals surface area contributed by atoms with Crippen molar-refractivity contribution in [2.75, 3.05) is 0 Å². The van der Waals surface area contributed by atoms with Gasteiger partial charge in [0.25, 0.3) is 0 Å². The largest absolute Gasteiger partial charge is 0.0533 e. The first-order valence-electron chi connectivity index (χ1n) is 11.8. The van der Waals surface area contributed by atoms with Crippen molar-refractivity contribution in [2.45, 2.75) is 128 Å². The molecule has 0 radical (unpaired) electrons. The zero-order valence-corrected chi connectivity index (χ0v) is 16.3. The standard InChI is InChI=1S/C24H42/c1-3-11-21(12-4-1)19-23-15-7-9-17-24(23,18-10-8-16-23)20-22-13-5-2-6-14-22/h21-22H,1-20H2. The van der Waals surface area contributed by atoms with Gasteiger partial charge in [-0.3, -0.25) is 0 Å². The molecular weight excluding hydrogens is 288 g/mol. The van der Waals surface area contributed by atoms with E-state index in [0.29, 0.717) is 0 Å². The molecule has 138 valence electrons. The SMILES string of the molecule is C1CCC(CC23CCCCC2(CC2CCCCC2)CCCC3)CC1. The predicted molar refractivity (Wildman–Crippen MR) is 104 cm³/mol. The van der Waals surface area contributed by atoms with Gasteiger partial charge in [-0.25, -0.2) is 0 Å². The van der Waals surface area contributed by atoms with E-state index >= 15 is 0 Å². The Morgan fingerprint density at radius 2 is 0.750 bits per heavy atom. The molecular formula is C24H42. The summed E-state index contributed by atoms with van der Waals surface area (Å²) in [6.45, 7) is 0. The maximum atomic E-state index is 1.64. The normalized spacial score (nSPS) is 39.5. The Morgan fingerprint density at radius 3 is 1.08 bits per heavy atom. The van der Waals surface area contributed by atoms with Crippen molar-refractivity contribution in [3.63, 3.8) is 0 Å². The Kier molecular flexibility index (Phi) is 5.59. The van der Waals surface area contributed by atoms with Crippen LogP contribution in [0.15, 0.2) is 0 Å². The molecule has 0 aromatic rings. The fourth-order valence-corrected chi connectivity index (χ4v) is 7.89. The Morgan fingerprint density at radius 1 is 0.417 bits per heavy atom. The molecule has 4 saturated carbocycles. The van der Waals surface area contributed by atoms with Gasteiger partial charge in [0, 0.05) is 0 Å². The van der Waals surface area contributed by atoms with Crippen LogP contribution in [0.25, 0.3) is 0 Å². The predicted octanol–water partition coefficient (Wildman–Crippen LogP) is 8.05. The van der Waals surface area contributed by atoms with E-state index in [-0.39, 0.29) is 0 Å². The lowest BCUT2D eigenvalue weighted by atomic mass is 9.45. The minimum absolute atomic E-state index is 0.781. The van der Waals surface area contributed by atoms with E-state index in [1.165, 1.54) is 38.5 Å². The van der Waals surface area contributed by atoms with E-state index in [2.05, 4.69) is 0 Å². The van der Waals surface area contributed by atoms with Crippen LogP contribution in [0, 0.1) is 22.7 Å². The van der Waals surface area contributed by atoms with E-state index in [0.717, 1.165) is 22.7 Å². The maximum Gasteiger partial charge on any atom is -0.0238 e. The summed E-state index contributed by atoms with van der Waals surface area (Å²) in [5, 5.41) is 0. The molecule has 24 heavy (non-hydrogen) atoms. The van der Waals surface area contributed by atoms with Crippen molar-refractivity contribution >= 4 is 0 Å². The Labute approximate surface area is 151 Å². The van der Waals surface area contributed by atoms with Crippen LogP contribution in [-0.4, -0.2) is 0 Å². The maximum absolute atomic E-state index is 1.64. The molecule has 0 aliphatic heterocycles. The zero-order valence-electron chi connectivity index (χ0n) is 16.3. The number of fused-ring (bicyclic) bond motifs is 1. The summed E-state index contributed by atoms with van der Waals surface area (Å²) < 4.78 is 0. The number of hydrogen-bond donors (Lipinski definition) is 0. The van der Waals surface area contributed by atoms with Crippen LogP contribution in [0.4, 0.5) is 0 Å². The molecule has 0 saturated heterocycles. The van der Waals surface area contributed by atoms with Crippen LogP contribution in [-0.2, 0) is 0 Å². The number of rotatable bonds is 4. The summed E-state index contributed by atoms with van der Waals surface area (Å²) in [5.74, 6) is 2.20. The Balaban J connectivity index is 1.54. The van der Waals surface area contributed by atoms with Gasteiger partial charge in [-0.2, -0.15) is 0 Å². The van der Waals surface area contributed by atoms with E-state index in [1.807, 2.05) is 0 Å². The van der Waals surface area contributed by atoms with Crippen LogP contribution < -0.4 is 0 Å². The average molecular weight is 331 g/mol. The third-order valence-electron chi connectivity index (χ3n) is 9.05. The van der Waals surface area contributed by atoms with Gasteiger partial charge in [0.05, 0.1) is 0 Å². The van der Waals surface area contributed by atoms with Gasteiger partial charge in [0.1, 0.15) is 0 Å². The molecule has 0 bridgehead atoms. The monoisotopic (exact) mass is 330 g/mol. The summed E-state index contributed by atoms with van der Waals surface area (Å²) in [6, 6.07) is 0. The highest BCUT2D eigenvalue weighted by molar-refractivity contribution is 5.04. The molecule has 0 nitrogen and oxygen atoms in total. The molecule has 0 aromatic heterocycles. The van der Waals surface area contributed by atoms with Crippen molar-refractivity contribution in [2.24, 2.45) is 22.7 Å². The third-order valence-corrected chi connectivity index (χ3v) is 9.05. The molecule has 4 aliphatic carbocycles. The van der Waals surface area contributed by atoms with Crippen LogP contribution >= 0.6 is 0 Å². The second-order valence-corrected chi connectivity index (χ2v) is 10.4. The summed E-state index contributed by atoms with van der Waals surface area (Å²) >= 11 is 0. The molecule has 0 aromatic carbocycles. The van der Waals surface area contributed by atoms with Gasteiger partial charge in [-0.05, 0) is 61.2 Å². The van der Waals surface area contributed by atoms with Gasteiger partial charge in [0.2, 0.25) is 0 Å². The first-order valence-corrected chi connectivity index (χ1v) is 11.8. The zero-order chi connectivity index (χ0) is 16.3. The molecule has 4 rings (SSSR count). The van der Waals surface area contributed by atoms with E-state index in [1.54, 1.807) is 89.9 Å². The first kappa shape index (κ1) is 17.4. The molecule has 0 unspecified atom stereocenters. The van der Waals surface area contributed by atoms with Crippen molar-refractivity contribution in [1.29, 1.82) is 0 Å². The third kappa shape index (κ3) is 3.45. The summed E-state index contributed by atoms with van der Waals surface area (Å²) in [5.41, 5.74) is 1.56. The number of hydrogen-bond acceptors (Lipinski definition) is 0. The molecule has 0 heteroatoms. The smallest absolute Gasteiger partial charge is 0.0238 e. The first-order chi connectivity index (χ1) is 11.8. The van der Waals surface area contributed by atoms with Gasteiger partial charge in [-0.1, -0.05) is 89.9 Å². The van der Waals surface area contributed by atoms with Crippen LogP contribution in [0.3, 0.4) is 0 Å². The van der Waals surface area contributed by atoms with Crippen LogP contribution in [0.1, 0.15) is 128 Å². The van der Waals surface area contributed by atoms with Gasteiger partial charge in [-0.15, -0.1) is 0 Å². The highest BCUT2D eigenvalue weighted by atomic mass is 14.6. The Bertz CT molecular complexity index is 333.